The zero-order valence-corrected chi connectivity index (χ0v) is 17.2. The number of hydrogen-bond donors (Lipinski definition) is 6. The Morgan fingerprint density at radius 2 is 1.29 bits per heavy atom. The Bertz CT molecular complexity index is 550. The molecule has 0 spiro atoms. The van der Waals surface area contributed by atoms with Gasteiger partial charge in [-0.3, -0.25) is 14.4 Å². The zero-order chi connectivity index (χ0) is 22.0. The highest BCUT2D eigenvalue weighted by molar-refractivity contribution is 5.93. The monoisotopic (exact) mass is 402 g/mol. The molecule has 28 heavy (non-hydrogen) atoms. The Morgan fingerprint density at radius 1 is 0.821 bits per heavy atom. The fourth-order valence-electron chi connectivity index (χ4n) is 2.57. The summed E-state index contributed by atoms with van der Waals surface area (Å²) in [5.74, 6) is -3.11. The molecule has 4 atom stereocenters. The van der Waals surface area contributed by atoms with Gasteiger partial charge in [0.25, 0.3) is 0 Å². The lowest BCUT2D eigenvalue weighted by Crippen LogP contribution is -2.59. The number of nitrogens with one attached hydrogen (secondary N) is 3. The first-order chi connectivity index (χ1) is 12.9. The summed E-state index contributed by atoms with van der Waals surface area (Å²) >= 11 is 0. The minimum absolute atomic E-state index is 0.0214. The highest BCUT2D eigenvalue weighted by atomic mass is 16.4. The molecule has 0 aliphatic rings. The minimum atomic E-state index is -1.29. The summed E-state index contributed by atoms with van der Waals surface area (Å²) in [7, 11) is 0. The van der Waals surface area contributed by atoms with Crippen molar-refractivity contribution in [2.75, 3.05) is 6.54 Å². The lowest BCUT2D eigenvalue weighted by atomic mass is 10.00. The number of amides is 3. The largest absolute Gasteiger partial charge is 0.480 e. The fourth-order valence-corrected chi connectivity index (χ4v) is 2.57. The number of carboxylic acid groups (broad SMARTS) is 1. The molecule has 10 nitrogen and oxygen atoms in total. The number of carbonyl (C=O) groups is 4. The van der Waals surface area contributed by atoms with Crippen LogP contribution in [0.5, 0.6) is 0 Å². The van der Waals surface area contributed by atoms with Gasteiger partial charge in [0.05, 0.1) is 12.6 Å². The molecule has 3 amide bonds. The van der Waals surface area contributed by atoms with Crippen molar-refractivity contribution in [2.24, 2.45) is 17.6 Å². The molecule has 0 bridgehead atoms. The number of aliphatic hydroxyl groups excluding tert-OH is 1. The molecule has 0 aromatic carbocycles. The maximum atomic E-state index is 12.6. The molecule has 0 aromatic heterocycles. The van der Waals surface area contributed by atoms with Crippen molar-refractivity contribution in [2.45, 2.75) is 71.7 Å². The minimum Gasteiger partial charge on any atom is -0.480 e. The van der Waals surface area contributed by atoms with Gasteiger partial charge >= 0.3 is 5.97 Å². The van der Waals surface area contributed by atoms with E-state index in [-0.39, 0.29) is 31.2 Å². The zero-order valence-electron chi connectivity index (χ0n) is 17.2. The third-order valence-electron chi connectivity index (χ3n) is 3.93. The summed E-state index contributed by atoms with van der Waals surface area (Å²) in [6.07, 6.45) is -0.721. The van der Waals surface area contributed by atoms with Crippen molar-refractivity contribution in [3.05, 3.63) is 0 Å². The molecular weight excluding hydrogens is 368 g/mol. The van der Waals surface area contributed by atoms with Crippen molar-refractivity contribution >= 4 is 23.7 Å². The molecule has 0 saturated carbocycles. The van der Waals surface area contributed by atoms with Gasteiger partial charge in [-0.25, -0.2) is 4.79 Å². The average molecular weight is 402 g/mol. The van der Waals surface area contributed by atoms with Crippen LogP contribution >= 0.6 is 0 Å². The van der Waals surface area contributed by atoms with E-state index in [4.69, 9.17) is 5.73 Å². The van der Waals surface area contributed by atoms with Crippen LogP contribution in [0.2, 0.25) is 0 Å². The number of carboxylic acids is 1. The predicted molar refractivity (Wildman–Crippen MR) is 103 cm³/mol. The first kappa shape index (κ1) is 25.8. The van der Waals surface area contributed by atoms with Gasteiger partial charge in [-0.1, -0.05) is 27.7 Å². The smallest absolute Gasteiger partial charge is 0.326 e. The second kappa shape index (κ2) is 12.3. The van der Waals surface area contributed by atoms with Crippen LogP contribution in [0.15, 0.2) is 0 Å². The maximum Gasteiger partial charge on any atom is 0.326 e. The van der Waals surface area contributed by atoms with Gasteiger partial charge in [0.2, 0.25) is 17.7 Å². The van der Waals surface area contributed by atoms with Crippen molar-refractivity contribution in [3.8, 4) is 0 Å². The van der Waals surface area contributed by atoms with E-state index >= 15 is 0 Å². The molecule has 0 radical (unpaired) electrons. The van der Waals surface area contributed by atoms with Crippen LogP contribution in [0.1, 0.15) is 47.5 Å². The normalized spacial score (nSPS) is 15.5. The van der Waals surface area contributed by atoms with Gasteiger partial charge in [0, 0.05) is 0 Å². The second-order valence-electron chi connectivity index (χ2n) is 7.71. The number of aliphatic hydroxyl groups is 1. The van der Waals surface area contributed by atoms with Crippen LogP contribution in [0.3, 0.4) is 0 Å². The number of hydrogen-bond acceptors (Lipinski definition) is 6. The Labute approximate surface area is 165 Å². The average Bonchev–Trinajstić information content (AvgIpc) is 2.56. The summed E-state index contributed by atoms with van der Waals surface area (Å²) in [4.78, 5) is 48.0. The Balaban J connectivity index is 5.32. The van der Waals surface area contributed by atoms with Gasteiger partial charge < -0.3 is 31.9 Å². The Morgan fingerprint density at radius 3 is 1.68 bits per heavy atom. The van der Waals surface area contributed by atoms with Crippen LogP contribution in [0.4, 0.5) is 0 Å². The molecular formula is C18H34N4O6. The van der Waals surface area contributed by atoms with E-state index in [2.05, 4.69) is 16.0 Å². The van der Waals surface area contributed by atoms with Crippen LogP contribution in [-0.4, -0.2) is 64.7 Å². The highest BCUT2D eigenvalue weighted by Gasteiger charge is 2.31. The summed E-state index contributed by atoms with van der Waals surface area (Å²) in [6, 6.07) is -3.38. The summed E-state index contributed by atoms with van der Waals surface area (Å²) < 4.78 is 0. The van der Waals surface area contributed by atoms with Crippen LogP contribution in [0, 0.1) is 11.8 Å². The van der Waals surface area contributed by atoms with Gasteiger partial charge in [-0.2, -0.15) is 0 Å². The summed E-state index contributed by atoms with van der Waals surface area (Å²) in [6.45, 7) is 8.32. The van der Waals surface area contributed by atoms with E-state index in [1.807, 2.05) is 27.7 Å². The molecule has 0 heterocycles. The molecule has 0 rings (SSSR count). The topological polar surface area (TPSA) is 171 Å². The maximum absolute atomic E-state index is 12.6. The molecule has 0 aliphatic carbocycles. The summed E-state index contributed by atoms with van der Waals surface area (Å²) in [5.41, 5.74) is 5.21. The molecule has 0 aromatic rings. The Kier molecular flexibility index (Phi) is 11.3. The number of rotatable bonds is 12. The molecule has 0 aliphatic heterocycles. The molecule has 0 saturated heterocycles. The molecule has 0 fully saturated rings. The number of carbonyl (C=O) groups excluding carboxylic acids is 3. The quantitative estimate of drug-likeness (QED) is 0.242. The lowest BCUT2D eigenvalue weighted by molar-refractivity contribution is -0.143. The van der Waals surface area contributed by atoms with E-state index < -0.39 is 47.9 Å². The lowest BCUT2D eigenvalue weighted by Gasteiger charge is -2.26. The van der Waals surface area contributed by atoms with E-state index in [0.29, 0.717) is 0 Å². The van der Waals surface area contributed by atoms with Crippen molar-refractivity contribution in [1.82, 2.24) is 16.0 Å². The third kappa shape index (κ3) is 9.65. The highest BCUT2D eigenvalue weighted by Crippen LogP contribution is 2.09. The predicted octanol–water partition coefficient (Wildman–Crippen LogP) is -1.04. The molecule has 10 heteroatoms. The van der Waals surface area contributed by atoms with E-state index in [0.717, 1.165) is 0 Å². The van der Waals surface area contributed by atoms with Gasteiger partial charge in [-0.05, 0) is 31.6 Å². The van der Waals surface area contributed by atoms with Crippen LogP contribution in [0.25, 0.3) is 0 Å². The van der Waals surface area contributed by atoms with Crippen LogP contribution < -0.4 is 21.7 Å². The first-order valence-electron chi connectivity index (χ1n) is 9.40. The summed E-state index contributed by atoms with van der Waals surface area (Å²) in [5, 5.41) is 26.3. The number of nitrogens with two attached hydrogens (primary N) is 1. The molecule has 7 N–H and O–H groups in total. The second-order valence-corrected chi connectivity index (χ2v) is 7.71. The third-order valence-corrected chi connectivity index (χ3v) is 3.93. The standard InChI is InChI=1S/C18H34N4O6/c1-9(2)6-12(16(25)21-13(18(27)28)7-10(3)4)20-17(26)15(11(5)23)22-14(24)8-19/h9-13,15,23H,6-8,19H2,1-5H3,(H,20,26)(H,21,25)(H,22,24)(H,27,28). The van der Waals surface area contributed by atoms with E-state index in [1.54, 1.807) is 0 Å². The first-order valence-corrected chi connectivity index (χ1v) is 9.40. The fraction of sp³-hybridized carbons (Fsp3) is 0.778. The van der Waals surface area contributed by atoms with E-state index in [1.165, 1.54) is 6.92 Å². The van der Waals surface area contributed by atoms with Crippen LogP contribution in [-0.2, 0) is 19.2 Å². The molecule has 4 unspecified atom stereocenters. The van der Waals surface area contributed by atoms with Gasteiger partial charge in [0.15, 0.2) is 0 Å². The van der Waals surface area contributed by atoms with Gasteiger partial charge in [0.1, 0.15) is 18.1 Å². The van der Waals surface area contributed by atoms with Crippen molar-refractivity contribution < 1.29 is 29.4 Å². The van der Waals surface area contributed by atoms with Crippen molar-refractivity contribution in [3.63, 3.8) is 0 Å². The number of aliphatic carboxylic acids is 1. The SMILES string of the molecule is CC(C)CC(NC(=O)C(CC(C)C)NC(=O)C(NC(=O)CN)C(C)O)C(=O)O. The van der Waals surface area contributed by atoms with Crippen molar-refractivity contribution in [1.29, 1.82) is 0 Å². The van der Waals surface area contributed by atoms with E-state index in [9.17, 15) is 29.4 Å². The van der Waals surface area contributed by atoms with Gasteiger partial charge in [-0.15, -0.1) is 0 Å². The Hall–Kier alpha value is -2.20. The molecule has 162 valence electrons.